The number of amides is 2. The first-order valence-electron chi connectivity index (χ1n) is 9.22. The van der Waals surface area contributed by atoms with Crippen LogP contribution in [0.25, 0.3) is 0 Å². The van der Waals surface area contributed by atoms with Gasteiger partial charge in [-0.2, -0.15) is 0 Å². The lowest BCUT2D eigenvalue weighted by molar-refractivity contribution is -0.142. The third-order valence-electron chi connectivity index (χ3n) is 5.24. The fraction of sp³-hybridized carbons (Fsp3) is 0.579. The fourth-order valence-electron chi connectivity index (χ4n) is 3.89. The van der Waals surface area contributed by atoms with Gasteiger partial charge < -0.3 is 14.9 Å². The minimum Gasteiger partial charge on any atom is -0.392 e. The number of aliphatic hydroxyl groups is 1. The fourth-order valence-corrected chi connectivity index (χ4v) is 3.89. The van der Waals surface area contributed by atoms with E-state index in [0.717, 1.165) is 12.6 Å². The van der Waals surface area contributed by atoms with Crippen LogP contribution >= 0.6 is 0 Å². The molecule has 2 aliphatic rings. The molecule has 0 bridgehead atoms. The summed E-state index contributed by atoms with van der Waals surface area (Å²) in [5, 5.41) is 9.73. The second-order valence-corrected chi connectivity index (χ2v) is 7.36. The molecule has 0 spiro atoms. The van der Waals surface area contributed by atoms with Crippen molar-refractivity contribution in [2.45, 2.75) is 31.9 Å². The molecule has 0 aliphatic carbocycles. The zero-order valence-electron chi connectivity index (χ0n) is 15.4. The molecular weight excluding hydrogens is 356 g/mol. The van der Waals surface area contributed by atoms with Gasteiger partial charge in [-0.1, -0.05) is 0 Å². The number of aliphatic hydroxyl groups excluding tert-OH is 1. The van der Waals surface area contributed by atoms with E-state index in [0.29, 0.717) is 44.7 Å². The first kappa shape index (κ1) is 19.7. The second kappa shape index (κ2) is 8.31. The second-order valence-electron chi connectivity index (χ2n) is 7.36. The molecule has 148 valence electrons. The van der Waals surface area contributed by atoms with Gasteiger partial charge in [0.15, 0.2) is 0 Å². The molecule has 6 nitrogen and oxygen atoms in total. The van der Waals surface area contributed by atoms with Crippen molar-refractivity contribution < 1.29 is 23.5 Å². The van der Waals surface area contributed by atoms with Crippen LogP contribution in [0, 0.1) is 11.6 Å². The molecule has 1 aromatic rings. The molecule has 2 saturated heterocycles. The number of rotatable bonds is 4. The van der Waals surface area contributed by atoms with Crippen LogP contribution in [0.3, 0.4) is 0 Å². The monoisotopic (exact) mass is 381 g/mol. The molecule has 27 heavy (non-hydrogen) atoms. The van der Waals surface area contributed by atoms with Gasteiger partial charge in [0.25, 0.3) is 0 Å². The highest BCUT2D eigenvalue weighted by atomic mass is 19.1. The van der Waals surface area contributed by atoms with Crippen LogP contribution in [0.5, 0.6) is 0 Å². The third-order valence-corrected chi connectivity index (χ3v) is 5.24. The standard InChI is InChI=1S/C19H25F2N3O3/c1-13(25)23-4-5-24(17(11-23)10-22-3-2-18(26)12-22)19(27)8-14-6-15(20)9-16(21)7-14/h6-7,9,17-18,26H,2-5,8,10-12H2,1H3/t17-,18+/m0/s1. The molecule has 2 aliphatic heterocycles. The molecule has 0 saturated carbocycles. The smallest absolute Gasteiger partial charge is 0.227 e. The maximum atomic E-state index is 13.4. The minimum atomic E-state index is -0.707. The molecular formula is C19H25F2N3O3. The molecule has 8 heteroatoms. The van der Waals surface area contributed by atoms with E-state index in [-0.39, 0.29) is 30.4 Å². The van der Waals surface area contributed by atoms with Gasteiger partial charge in [-0.25, -0.2) is 8.78 Å². The number of nitrogens with zero attached hydrogens (tertiary/aromatic N) is 3. The van der Waals surface area contributed by atoms with Crippen molar-refractivity contribution in [2.75, 3.05) is 39.3 Å². The number of β-amino-alcohol motifs (C(OH)–C–C–N with tert-alkyl or cyclic N) is 1. The first-order valence-corrected chi connectivity index (χ1v) is 9.22. The topological polar surface area (TPSA) is 64.1 Å². The summed E-state index contributed by atoms with van der Waals surface area (Å²) in [5.74, 6) is -1.67. The van der Waals surface area contributed by atoms with Crippen LogP contribution in [0.15, 0.2) is 18.2 Å². The summed E-state index contributed by atoms with van der Waals surface area (Å²) in [4.78, 5) is 30.1. The molecule has 1 N–H and O–H groups in total. The SMILES string of the molecule is CC(=O)N1CCN(C(=O)Cc2cc(F)cc(F)c2)[C@@H](CN2CC[C@@H](O)C2)C1. The van der Waals surface area contributed by atoms with E-state index in [4.69, 9.17) is 0 Å². The molecule has 0 radical (unpaired) electrons. The quantitative estimate of drug-likeness (QED) is 0.831. The predicted octanol–water partition coefficient (Wildman–Crippen LogP) is 0.633. The molecule has 0 aromatic heterocycles. The Morgan fingerprint density at radius 2 is 1.81 bits per heavy atom. The lowest BCUT2D eigenvalue weighted by Crippen LogP contribution is -2.59. The van der Waals surface area contributed by atoms with Gasteiger partial charge in [-0.05, 0) is 24.1 Å². The highest BCUT2D eigenvalue weighted by Crippen LogP contribution is 2.18. The Hall–Kier alpha value is -2.06. The molecule has 2 atom stereocenters. The Morgan fingerprint density at radius 3 is 2.41 bits per heavy atom. The summed E-state index contributed by atoms with van der Waals surface area (Å²) >= 11 is 0. The number of piperazine rings is 1. The zero-order chi connectivity index (χ0) is 19.6. The Balaban J connectivity index is 1.71. The van der Waals surface area contributed by atoms with Crippen molar-refractivity contribution in [1.29, 1.82) is 0 Å². The number of halogens is 2. The molecule has 2 heterocycles. The Kier molecular flexibility index (Phi) is 6.06. The van der Waals surface area contributed by atoms with Crippen LogP contribution < -0.4 is 0 Å². The van der Waals surface area contributed by atoms with Crippen molar-refractivity contribution in [1.82, 2.24) is 14.7 Å². The molecule has 2 fully saturated rings. The van der Waals surface area contributed by atoms with E-state index in [2.05, 4.69) is 4.90 Å². The lowest BCUT2D eigenvalue weighted by atomic mass is 10.1. The third kappa shape index (κ3) is 5.01. The van der Waals surface area contributed by atoms with E-state index in [1.54, 1.807) is 9.80 Å². The summed E-state index contributed by atoms with van der Waals surface area (Å²) in [6.07, 6.45) is 0.241. The zero-order valence-corrected chi connectivity index (χ0v) is 15.4. The van der Waals surface area contributed by atoms with Gasteiger partial charge in [0, 0.05) is 52.3 Å². The maximum Gasteiger partial charge on any atom is 0.227 e. The van der Waals surface area contributed by atoms with E-state index in [9.17, 15) is 23.5 Å². The number of hydrogen-bond acceptors (Lipinski definition) is 4. The summed E-state index contributed by atoms with van der Waals surface area (Å²) in [6, 6.07) is 2.90. The van der Waals surface area contributed by atoms with E-state index in [1.165, 1.54) is 19.1 Å². The Morgan fingerprint density at radius 1 is 1.11 bits per heavy atom. The van der Waals surface area contributed by atoms with E-state index in [1.807, 2.05) is 0 Å². The van der Waals surface area contributed by atoms with Crippen molar-refractivity contribution >= 4 is 11.8 Å². The Labute approximate surface area is 157 Å². The van der Waals surface area contributed by atoms with Crippen molar-refractivity contribution in [3.8, 4) is 0 Å². The van der Waals surface area contributed by atoms with Gasteiger partial charge in [-0.15, -0.1) is 0 Å². The summed E-state index contributed by atoms with van der Waals surface area (Å²) < 4.78 is 26.8. The Bertz CT molecular complexity index is 695. The van der Waals surface area contributed by atoms with Gasteiger partial charge >= 0.3 is 0 Å². The largest absolute Gasteiger partial charge is 0.392 e. The molecule has 1 aromatic carbocycles. The van der Waals surface area contributed by atoms with Gasteiger partial charge in [-0.3, -0.25) is 14.5 Å². The number of carbonyl (C=O) groups is 2. The number of carbonyl (C=O) groups excluding carboxylic acids is 2. The molecule has 0 unspecified atom stereocenters. The number of hydrogen-bond donors (Lipinski definition) is 1. The van der Waals surface area contributed by atoms with E-state index >= 15 is 0 Å². The van der Waals surface area contributed by atoms with Gasteiger partial charge in [0.05, 0.1) is 18.6 Å². The van der Waals surface area contributed by atoms with Crippen LogP contribution in [-0.4, -0.2) is 83.0 Å². The minimum absolute atomic E-state index is 0.0410. The average Bonchev–Trinajstić information content (AvgIpc) is 2.98. The van der Waals surface area contributed by atoms with Gasteiger partial charge in [0.1, 0.15) is 11.6 Å². The van der Waals surface area contributed by atoms with Crippen molar-refractivity contribution in [3.63, 3.8) is 0 Å². The molecule has 3 rings (SSSR count). The maximum absolute atomic E-state index is 13.4. The first-order chi connectivity index (χ1) is 12.8. The summed E-state index contributed by atoms with van der Waals surface area (Å²) in [5.41, 5.74) is 0.293. The average molecular weight is 381 g/mol. The van der Waals surface area contributed by atoms with Crippen LogP contribution in [-0.2, 0) is 16.0 Å². The number of benzene rings is 1. The van der Waals surface area contributed by atoms with Crippen LogP contribution in [0.1, 0.15) is 18.9 Å². The van der Waals surface area contributed by atoms with Crippen LogP contribution in [0.4, 0.5) is 8.78 Å². The highest BCUT2D eigenvalue weighted by molar-refractivity contribution is 5.80. The summed E-state index contributed by atoms with van der Waals surface area (Å²) in [6.45, 7) is 4.61. The van der Waals surface area contributed by atoms with Crippen molar-refractivity contribution in [2.24, 2.45) is 0 Å². The highest BCUT2D eigenvalue weighted by Gasteiger charge is 2.34. The van der Waals surface area contributed by atoms with Gasteiger partial charge in [0.2, 0.25) is 11.8 Å². The van der Waals surface area contributed by atoms with Crippen molar-refractivity contribution in [3.05, 3.63) is 35.4 Å². The summed E-state index contributed by atoms with van der Waals surface area (Å²) in [7, 11) is 0. The number of likely N-dealkylation sites (tertiary alicyclic amines) is 1. The molecule has 2 amide bonds. The van der Waals surface area contributed by atoms with E-state index < -0.39 is 11.6 Å². The normalized spacial score (nSPS) is 23.7. The van der Waals surface area contributed by atoms with Crippen LogP contribution in [0.2, 0.25) is 0 Å². The predicted molar refractivity (Wildman–Crippen MR) is 94.9 cm³/mol. The lowest BCUT2D eigenvalue weighted by Gasteiger charge is -2.42.